The van der Waals surface area contributed by atoms with E-state index in [-0.39, 0.29) is 0 Å². The van der Waals surface area contributed by atoms with Crippen molar-refractivity contribution in [2.75, 3.05) is 20.1 Å². The van der Waals surface area contributed by atoms with E-state index < -0.39 is 0 Å². The first kappa shape index (κ1) is 13.0. The molecule has 1 saturated carbocycles. The van der Waals surface area contributed by atoms with Crippen molar-refractivity contribution < 1.29 is 0 Å². The van der Waals surface area contributed by atoms with Gasteiger partial charge < -0.3 is 10.6 Å². The molecule has 0 radical (unpaired) electrons. The van der Waals surface area contributed by atoms with E-state index in [9.17, 15) is 0 Å². The summed E-state index contributed by atoms with van der Waals surface area (Å²) in [7, 11) is 2.20. The molecule has 1 aromatic heterocycles. The summed E-state index contributed by atoms with van der Waals surface area (Å²) in [5.74, 6) is 1.65. The van der Waals surface area contributed by atoms with Gasteiger partial charge in [0.05, 0.1) is 11.2 Å². The lowest BCUT2D eigenvalue weighted by molar-refractivity contribution is 0.200. The third kappa shape index (κ3) is 4.05. The Hall–Kier alpha value is -0.450. The highest BCUT2D eigenvalue weighted by Gasteiger charge is 2.21. The smallest absolute Gasteiger partial charge is 0.0795 e. The van der Waals surface area contributed by atoms with Gasteiger partial charge in [0, 0.05) is 18.5 Å². The number of rotatable bonds is 5. The van der Waals surface area contributed by atoms with E-state index in [1.807, 2.05) is 5.51 Å². The zero-order chi connectivity index (χ0) is 12.1. The second-order valence-corrected chi connectivity index (χ2v) is 6.02. The Bertz CT molecular complexity index is 304. The molecule has 1 fully saturated rings. The van der Waals surface area contributed by atoms with Gasteiger partial charge in [0.25, 0.3) is 0 Å². The van der Waals surface area contributed by atoms with Gasteiger partial charge >= 0.3 is 0 Å². The minimum atomic E-state index is 0.787. The summed E-state index contributed by atoms with van der Waals surface area (Å²) in [5.41, 5.74) is 8.84. The van der Waals surface area contributed by atoms with Crippen LogP contribution in [-0.4, -0.2) is 30.0 Å². The Morgan fingerprint density at radius 2 is 2.06 bits per heavy atom. The second kappa shape index (κ2) is 6.47. The van der Waals surface area contributed by atoms with E-state index >= 15 is 0 Å². The molecule has 0 unspecified atom stereocenters. The summed E-state index contributed by atoms with van der Waals surface area (Å²) >= 11 is 1.68. The number of hydrogen-bond acceptors (Lipinski definition) is 4. The molecule has 1 aliphatic rings. The Morgan fingerprint density at radius 1 is 1.35 bits per heavy atom. The van der Waals surface area contributed by atoms with Crippen molar-refractivity contribution in [2.45, 2.75) is 32.2 Å². The van der Waals surface area contributed by atoms with Gasteiger partial charge in [-0.15, -0.1) is 11.3 Å². The normalized spacial score (nSPS) is 25.4. The third-order valence-electron chi connectivity index (χ3n) is 3.78. The first-order chi connectivity index (χ1) is 8.28. The minimum absolute atomic E-state index is 0.787. The van der Waals surface area contributed by atoms with Gasteiger partial charge in [0.15, 0.2) is 0 Å². The van der Waals surface area contributed by atoms with Gasteiger partial charge in [-0.05, 0) is 51.1 Å². The first-order valence-electron chi connectivity index (χ1n) is 6.53. The predicted octanol–water partition coefficient (Wildman–Crippen LogP) is 2.34. The predicted molar refractivity (Wildman–Crippen MR) is 73.0 cm³/mol. The van der Waals surface area contributed by atoms with Gasteiger partial charge in [-0.25, -0.2) is 4.98 Å². The van der Waals surface area contributed by atoms with Gasteiger partial charge in [-0.2, -0.15) is 0 Å². The zero-order valence-corrected chi connectivity index (χ0v) is 11.5. The highest BCUT2D eigenvalue weighted by molar-refractivity contribution is 7.07. The highest BCUT2D eigenvalue weighted by atomic mass is 32.1. The topological polar surface area (TPSA) is 42.2 Å². The standard InChI is InChI=1S/C13H23N3S/c1-16(8-13-9-17-10-15-13)7-12-4-2-11(6-14)3-5-12/h9-12H,2-8,14H2,1H3. The van der Waals surface area contributed by atoms with Crippen LogP contribution in [0.1, 0.15) is 31.4 Å². The fourth-order valence-corrected chi connectivity index (χ4v) is 3.30. The van der Waals surface area contributed by atoms with Crippen LogP contribution in [0.4, 0.5) is 0 Å². The fourth-order valence-electron chi connectivity index (χ4n) is 2.75. The molecule has 2 N–H and O–H groups in total. The summed E-state index contributed by atoms with van der Waals surface area (Å²) in [6.45, 7) is 3.07. The Labute approximate surface area is 108 Å². The van der Waals surface area contributed by atoms with Crippen molar-refractivity contribution in [3.8, 4) is 0 Å². The van der Waals surface area contributed by atoms with Crippen LogP contribution >= 0.6 is 11.3 Å². The lowest BCUT2D eigenvalue weighted by Crippen LogP contribution is -2.30. The average Bonchev–Trinajstić information content (AvgIpc) is 2.82. The maximum atomic E-state index is 5.72. The molecule has 1 aliphatic carbocycles. The van der Waals surface area contributed by atoms with Crippen molar-refractivity contribution in [1.82, 2.24) is 9.88 Å². The number of thiazole rings is 1. The summed E-state index contributed by atoms with van der Waals surface area (Å²) in [6, 6.07) is 0. The Morgan fingerprint density at radius 3 is 2.65 bits per heavy atom. The fraction of sp³-hybridized carbons (Fsp3) is 0.769. The van der Waals surface area contributed by atoms with Gasteiger partial charge in [-0.3, -0.25) is 0 Å². The van der Waals surface area contributed by atoms with Crippen LogP contribution in [0, 0.1) is 11.8 Å². The largest absolute Gasteiger partial charge is 0.330 e. The lowest BCUT2D eigenvalue weighted by Gasteiger charge is -2.30. The number of aromatic nitrogens is 1. The molecule has 4 heteroatoms. The summed E-state index contributed by atoms with van der Waals surface area (Å²) in [4.78, 5) is 6.74. The van der Waals surface area contributed by atoms with Crippen molar-refractivity contribution in [3.05, 3.63) is 16.6 Å². The van der Waals surface area contributed by atoms with Crippen LogP contribution in [0.25, 0.3) is 0 Å². The molecule has 0 aromatic carbocycles. The molecule has 0 bridgehead atoms. The van der Waals surface area contributed by atoms with Crippen molar-refractivity contribution >= 4 is 11.3 Å². The van der Waals surface area contributed by atoms with E-state index in [4.69, 9.17) is 5.73 Å². The molecule has 17 heavy (non-hydrogen) atoms. The number of nitrogens with zero attached hydrogens (tertiary/aromatic N) is 2. The Balaban J connectivity index is 1.70. The van der Waals surface area contributed by atoms with Crippen LogP contribution in [0.5, 0.6) is 0 Å². The van der Waals surface area contributed by atoms with Crippen LogP contribution in [0.15, 0.2) is 10.9 Å². The van der Waals surface area contributed by atoms with Crippen LogP contribution in [0.2, 0.25) is 0 Å². The van der Waals surface area contributed by atoms with Crippen LogP contribution < -0.4 is 5.73 Å². The SMILES string of the molecule is CN(Cc1cscn1)CC1CCC(CN)CC1. The maximum absolute atomic E-state index is 5.72. The number of hydrogen-bond donors (Lipinski definition) is 1. The van der Waals surface area contributed by atoms with E-state index in [1.165, 1.54) is 37.9 Å². The van der Waals surface area contributed by atoms with E-state index in [0.717, 1.165) is 24.9 Å². The average molecular weight is 253 g/mol. The summed E-state index contributed by atoms with van der Waals surface area (Å²) < 4.78 is 0. The monoisotopic (exact) mass is 253 g/mol. The quantitative estimate of drug-likeness (QED) is 0.876. The molecule has 1 aromatic rings. The molecule has 3 nitrogen and oxygen atoms in total. The van der Waals surface area contributed by atoms with Gasteiger partial charge in [-0.1, -0.05) is 0 Å². The maximum Gasteiger partial charge on any atom is 0.0795 e. The minimum Gasteiger partial charge on any atom is -0.330 e. The molecule has 0 aliphatic heterocycles. The van der Waals surface area contributed by atoms with Crippen molar-refractivity contribution in [1.29, 1.82) is 0 Å². The molecular formula is C13H23N3S. The van der Waals surface area contributed by atoms with Crippen LogP contribution in [-0.2, 0) is 6.54 Å². The molecule has 96 valence electrons. The van der Waals surface area contributed by atoms with E-state index in [0.29, 0.717) is 0 Å². The highest BCUT2D eigenvalue weighted by Crippen LogP contribution is 2.28. The lowest BCUT2D eigenvalue weighted by atomic mass is 9.82. The molecule has 1 heterocycles. The molecule has 0 amide bonds. The van der Waals surface area contributed by atoms with Crippen LogP contribution in [0.3, 0.4) is 0 Å². The molecule has 0 saturated heterocycles. The molecule has 0 atom stereocenters. The first-order valence-corrected chi connectivity index (χ1v) is 7.48. The zero-order valence-electron chi connectivity index (χ0n) is 10.6. The molecular weight excluding hydrogens is 230 g/mol. The molecule has 2 rings (SSSR count). The second-order valence-electron chi connectivity index (χ2n) is 5.30. The van der Waals surface area contributed by atoms with Crippen molar-refractivity contribution in [3.63, 3.8) is 0 Å². The van der Waals surface area contributed by atoms with Gasteiger partial charge in [0.2, 0.25) is 0 Å². The molecule has 0 spiro atoms. The van der Waals surface area contributed by atoms with E-state index in [1.54, 1.807) is 11.3 Å². The van der Waals surface area contributed by atoms with Gasteiger partial charge in [0.1, 0.15) is 0 Å². The van der Waals surface area contributed by atoms with Crippen molar-refractivity contribution in [2.24, 2.45) is 17.6 Å². The third-order valence-corrected chi connectivity index (χ3v) is 4.42. The van der Waals surface area contributed by atoms with E-state index in [2.05, 4.69) is 22.3 Å². The summed E-state index contributed by atoms with van der Waals surface area (Å²) in [6.07, 6.45) is 5.35. The Kier molecular flexibility index (Phi) is 4.95. The summed E-state index contributed by atoms with van der Waals surface area (Å²) in [5, 5.41) is 2.14. The number of nitrogens with two attached hydrogens (primary N) is 1.